The number of methoxy groups -OCH3 is 1. The normalized spacial score (nSPS) is 12.2. The fourth-order valence-electron chi connectivity index (χ4n) is 3.04. The van der Waals surface area contributed by atoms with Crippen LogP contribution in [0.1, 0.15) is 18.5 Å². The van der Waals surface area contributed by atoms with Crippen molar-refractivity contribution in [2.45, 2.75) is 17.9 Å². The third-order valence-corrected chi connectivity index (χ3v) is 6.44. The van der Waals surface area contributed by atoms with Crippen LogP contribution in [0.3, 0.4) is 0 Å². The summed E-state index contributed by atoms with van der Waals surface area (Å²) in [5, 5.41) is 11.1. The molecule has 150 valence electrons. The largest absolute Gasteiger partial charge is 0.497 e. The molecule has 0 saturated carbocycles. The van der Waals surface area contributed by atoms with E-state index in [1.165, 1.54) is 29.6 Å². The second kappa shape index (κ2) is 8.32. The smallest absolute Gasteiger partial charge is 0.270 e. The first kappa shape index (κ1) is 20.3. The average molecular weight is 412 g/mol. The number of nitrogens with zero attached hydrogens (tertiary/aromatic N) is 2. The molecule has 0 N–H and O–H groups in total. The molecule has 1 atom stereocenters. The van der Waals surface area contributed by atoms with Crippen molar-refractivity contribution in [3.63, 3.8) is 0 Å². The Hall–Kier alpha value is -3.39. The number of rotatable bonds is 7. The average Bonchev–Trinajstić information content (AvgIpc) is 2.75. The number of benzene rings is 3. The van der Waals surface area contributed by atoms with Crippen molar-refractivity contribution in [1.29, 1.82) is 0 Å². The van der Waals surface area contributed by atoms with Gasteiger partial charge in [0.2, 0.25) is 0 Å². The predicted octanol–water partition coefficient (Wildman–Crippen LogP) is 4.56. The van der Waals surface area contributed by atoms with Crippen molar-refractivity contribution in [3.8, 4) is 5.75 Å². The fourth-order valence-corrected chi connectivity index (χ4v) is 4.72. The van der Waals surface area contributed by atoms with Gasteiger partial charge < -0.3 is 4.74 Å². The van der Waals surface area contributed by atoms with Crippen LogP contribution in [0.15, 0.2) is 83.8 Å². The van der Waals surface area contributed by atoms with Gasteiger partial charge in [0.05, 0.1) is 28.7 Å². The second-order valence-electron chi connectivity index (χ2n) is 6.34. The first-order chi connectivity index (χ1) is 13.8. The summed E-state index contributed by atoms with van der Waals surface area (Å²) < 4.78 is 33.5. The van der Waals surface area contributed by atoms with Gasteiger partial charge in [-0.1, -0.05) is 36.4 Å². The highest BCUT2D eigenvalue weighted by Gasteiger charge is 2.31. The summed E-state index contributed by atoms with van der Waals surface area (Å²) in [6, 6.07) is 20.3. The number of nitro benzene ring substituents is 1. The van der Waals surface area contributed by atoms with E-state index in [-0.39, 0.29) is 10.6 Å². The first-order valence-electron chi connectivity index (χ1n) is 8.82. The molecule has 0 unspecified atom stereocenters. The van der Waals surface area contributed by atoms with Crippen molar-refractivity contribution in [3.05, 3.63) is 94.5 Å². The molecule has 0 aliphatic carbocycles. The summed E-state index contributed by atoms with van der Waals surface area (Å²) in [6.45, 7) is 1.77. The van der Waals surface area contributed by atoms with Crippen LogP contribution < -0.4 is 9.04 Å². The van der Waals surface area contributed by atoms with Crippen LogP contribution in [0.25, 0.3) is 0 Å². The third-order valence-electron chi connectivity index (χ3n) is 4.55. The zero-order valence-electron chi connectivity index (χ0n) is 15.9. The van der Waals surface area contributed by atoms with Crippen molar-refractivity contribution in [2.24, 2.45) is 0 Å². The number of hydrogen-bond acceptors (Lipinski definition) is 5. The van der Waals surface area contributed by atoms with Crippen LogP contribution in [0.2, 0.25) is 0 Å². The van der Waals surface area contributed by atoms with Gasteiger partial charge in [-0.15, -0.1) is 0 Å². The molecule has 0 aliphatic rings. The maximum atomic E-state index is 13.5. The summed E-state index contributed by atoms with van der Waals surface area (Å²) in [4.78, 5) is 10.4. The lowest BCUT2D eigenvalue weighted by Crippen LogP contribution is -2.33. The Balaban J connectivity index is 2.15. The van der Waals surface area contributed by atoms with Crippen LogP contribution in [0.4, 0.5) is 11.4 Å². The molecule has 0 aromatic heterocycles. The molecule has 3 aromatic rings. The van der Waals surface area contributed by atoms with Gasteiger partial charge in [-0.3, -0.25) is 14.4 Å². The minimum Gasteiger partial charge on any atom is -0.497 e. The number of anilines is 1. The van der Waals surface area contributed by atoms with E-state index in [9.17, 15) is 18.5 Å². The van der Waals surface area contributed by atoms with Crippen molar-refractivity contribution in [1.82, 2.24) is 0 Å². The Kier molecular flexibility index (Phi) is 5.84. The summed E-state index contributed by atoms with van der Waals surface area (Å²) in [6.07, 6.45) is 0. The van der Waals surface area contributed by atoms with E-state index in [1.54, 1.807) is 31.2 Å². The minimum absolute atomic E-state index is 0.148. The van der Waals surface area contributed by atoms with E-state index in [2.05, 4.69) is 0 Å². The number of non-ortho nitro benzene ring substituents is 1. The quantitative estimate of drug-likeness (QED) is 0.419. The molecule has 0 saturated heterocycles. The van der Waals surface area contributed by atoms with E-state index < -0.39 is 21.0 Å². The van der Waals surface area contributed by atoms with E-state index >= 15 is 0 Å². The Morgan fingerprint density at radius 2 is 1.62 bits per heavy atom. The van der Waals surface area contributed by atoms with Crippen molar-refractivity contribution in [2.75, 3.05) is 11.4 Å². The highest BCUT2D eigenvalue weighted by atomic mass is 32.2. The topological polar surface area (TPSA) is 89.8 Å². The molecule has 0 spiro atoms. The SMILES string of the molecule is COc1ccc(N([C@H](C)c2ccccc2)S(=O)(=O)c2cccc([N+](=O)[O-])c2)cc1. The number of ether oxygens (including phenoxy) is 1. The van der Waals surface area contributed by atoms with E-state index in [1.807, 2.05) is 30.3 Å². The number of nitro groups is 1. The lowest BCUT2D eigenvalue weighted by atomic mass is 10.1. The molecule has 29 heavy (non-hydrogen) atoms. The lowest BCUT2D eigenvalue weighted by molar-refractivity contribution is -0.385. The van der Waals surface area contributed by atoms with Gasteiger partial charge in [-0.2, -0.15) is 0 Å². The van der Waals surface area contributed by atoms with Gasteiger partial charge in [-0.05, 0) is 42.8 Å². The zero-order chi connectivity index (χ0) is 21.0. The molecule has 0 amide bonds. The monoisotopic (exact) mass is 412 g/mol. The molecule has 0 fully saturated rings. The first-order valence-corrected chi connectivity index (χ1v) is 10.3. The van der Waals surface area contributed by atoms with Gasteiger partial charge in [0.15, 0.2) is 0 Å². The highest BCUT2D eigenvalue weighted by molar-refractivity contribution is 7.92. The van der Waals surface area contributed by atoms with Crippen LogP contribution in [-0.2, 0) is 10.0 Å². The standard InChI is InChI=1S/C21H20N2O5S/c1-16(17-7-4-3-5-8-17)22(18-11-13-20(28-2)14-12-18)29(26,27)21-10-6-9-19(15-21)23(24)25/h3-16H,1-2H3/t16-/m1/s1. The molecular formula is C21H20N2O5S. The van der Waals surface area contributed by atoms with Crippen molar-refractivity contribution >= 4 is 21.4 Å². The zero-order valence-corrected chi connectivity index (χ0v) is 16.7. The molecule has 7 nitrogen and oxygen atoms in total. The molecule has 8 heteroatoms. The number of sulfonamides is 1. The molecule has 0 aliphatic heterocycles. The second-order valence-corrected chi connectivity index (χ2v) is 8.15. The minimum atomic E-state index is -4.09. The molecule has 0 heterocycles. The van der Waals surface area contributed by atoms with Crippen molar-refractivity contribution < 1.29 is 18.1 Å². The summed E-state index contributed by atoms with van der Waals surface area (Å²) >= 11 is 0. The maximum Gasteiger partial charge on any atom is 0.270 e. The fraction of sp³-hybridized carbons (Fsp3) is 0.143. The van der Waals surface area contributed by atoms with Gasteiger partial charge in [0, 0.05) is 12.1 Å². The number of hydrogen-bond donors (Lipinski definition) is 0. The predicted molar refractivity (Wildman–Crippen MR) is 111 cm³/mol. The Morgan fingerprint density at radius 3 is 2.21 bits per heavy atom. The Labute approximate surface area is 169 Å². The maximum absolute atomic E-state index is 13.5. The van der Waals surface area contributed by atoms with E-state index in [0.29, 0.717) is 11.4 Å². The van der Waals surface area contributed by atoms with Gasteiger partial charge in [0.25, 0.3) is 15.7 Å². The van der Waals surface area contributed by atoms with Crippen LogP contribution in [0.5, 0.6) is 5.75 Å². The van der Waals surface area contributed by atoms with Gasteiger partial charge >= 0.3 is 0 Å². The van der Waals surface area contributed by atoms with E-state index in [4.69, 9.17) is 4.74 Å². The van der Waals surface area contributed by atoms with Gasteiger partial charge in [-0.25, -0.2) is 8.42 Å². The lowest BCUT2D eigenvalue weighted by Gasteiger charge is -2.31. The van der Waals surface area contributed by atoms with E-state index in [0.717, 1.165) is 11.6 Å². The summed E-state index contributed by atoms with van der Waals surface area (Å²) in [5.41, 5.74) is 0.930. The summed E-state index contributed by atoms with van der Waals surface area (Å²) in [5.74, 6) is 0.591. The van der Waals surface area contributed by atoms with Crippen LogP contribution in [-0.4, -0.2) is 20.5 Å². The van der Waals surface area contributed by atoms with Crippen LogP contribution in [0, 0.1) is 10.1 Å². The summed E-state index contributed by atoms with van der Waals surface area (Å²) in [7, 11) is -2.56. The molecular weight excluding hydrogens is 392 g/mol. The molecule has 0 bridgehead atoms. The third kappa shape index (κ3) is 4.22. The van der Waals surface area contributed by atoms with Gasteiger partial charge in [0.1, 0.15) is 5.75 Å². The molecule has 3 rings (SSSR count). The molecule has 0 radical (unpaired) electrons. The van der Waals surface area contributed by atoms with Crippen LogP contribution >= 0.6 is 0 Å². The molecule has 3 aromatic carbocycles. The Bertz CT molecular complexity index is 1100. The Morgan fingerprint density at radius 1 is 0.966 bits per heavy atom. The highest BCUT2D eigenvalue weighted by Crippen LogP contribution is 2.34.